The zero-order valence-corrected chi connectivity index (χ0v) is 26.3. The van der Waals surface area contributed by atoms with Crippen LogP contribution in [0.2, 0.25) is 0 Å². The van der Waals surface area contributed by atoms with E-state index >= 15 is 0 Å². The highest BCUT2D eigenvalue weighted by atomic mass is 16.5. The number of hydrogen-bond acceptors (Lipinski definition) is 6. The van der Waals surface area contributed by atoms with E-state index in [-0.39, 0.29) is 47.8 Å². The highest BCUT2D eigenvalue weighted by Crippen LogP contribution is 2.55. The van der Waals surface area contributed by atoms with Crippen molar-refractivity contribution in [2.24, 2.45) is 22.7 Å². The molecule has 2 atom stereocenters. The number of ether oxygens (including phenoxy) is 4. The lowest BCUT2D eigenvalue weighted by molar-refractivity contribution is -0.149. The van der Waals surface area contributed by atoms with Gasteiger partial charge in [0.1, 0.15) is 23.7 Å². The lowest BCUT2D eigenvalue weighted by atomic mass is 9.85. The maximum atomic E-state index is 12.9. The molecule has 4 aliphatic rings. The largest absolute Gasteiger partial charge is 0.489 e. The summed E-state index contributed by atoms with van der Waals surface area (Å²) in [6, 6.07) is 16.1. The van der Waals surface area contributed by atoms with Gasteiger partial charge in [0.25, 0.3) is 0 Å². The molecule has 0 saturated heterocycles. The summed E-state index contributed by atoms with van der Waals surface area (Å²) in [6.45, 7) is 4.94. The summed E-state index contributed by atoms with van der Waals surface area (Å²) >= 11 is 0. The number of hydrogen-bond donors (Lipinski definition) is 0. The minimum absolute atomic E-state index is 0.196. The standard InChI is InChI=1S/C38H46O6/c1-25(19-33(39)41-23-37-15-11-27(21-37)12-16-37)43-35-29-7-3-5-9-31(29)36(32-10-6-4-8-30(32)35)44-26(2)20-34(40)42-24-38-17-13-28(22-38)14-18-38/h3-10,25-28H,11-24H2,1-2H3. The number of carbonyl (C=O) groups is 2. The highest BCUT2D eigenvalue weighted by molar-refractivity contribution is 6.11. The zero-order valence-electron chi connectivity index (χ0n) is 26.3. The number of carbonyl (C=O) groups excluding carboxylic acids is 2. The molecule has 0 N–H and O–H groups in total. The molecular formula is C38H46O6. The van der Waals surface area contributed by atoms with Gasteiger partial charge in [-0.15, -0.1) is 0 Å². The first-order chi connectivity index (χ1) is 21.3. The Morgan fingerprint density at radius 2 is 0.977 bits per heavy atom. The Hall–Kier alpha value is -3.28. The summed E-state index contributed by atoms with van der Waals surface area (Å²) in [4.78, 5) is 25.7. The Morgan fingerprint density at radius 3 is 1.27 bits per heavy atom. The quantitative estimate of drug-likeness (QED) is 0.154. The van der Waals surface area contributed by atoms with E-state index in [2.05, 4.69) is 0 Å². The van der Waals surface area contributed by atoms with E-state index in [4.69, 9.17) is 18.9 Å². The molecule has 6 nitrogen and oxygen atoms in total. The molecule has 44 heavy (non-hydrogen) atoms. The third-order valence-corrected chi connectivity index (χ3v) is 11.2. The molecule has 3 aromatic rings. The number of fused-ring (bicyclic) bond motifs is 6. The van der Waals surface area contributed by atoms with Gasteiger partial charge in [-0.1, -0.05) is 48.5 Å². The monoisotopic (exact) mass is 598 g/mol. The lowest BCUT2D eigenvalue weighted by Crippen LogP contribution is -2.26. The van der Waals surface area contributed by atoms with Gasteiger partial charge in [0.2, 0.25) is 0 Å². The fraction of sp³-hybridized carbons (Fsp3) is 0.579. The number of rotatable bonds is 12. The maximum Gasteiger partial charge on any atom is 0.309 e. The van der Waals surface area contributed by atoms with Crippen LogP contribution in [0.15, 0.2) is 48.5 Å². The smallest absolute Gasteiger partial charge is 0.309 e. The number of benzene rings is 3. The minimum Gasteiger partial charge on any atom is -0.489 e. The van der Waals surface area contributed by atoms with Crippen molar-refractivity contribution in [1.82, 2.24) is 0 Å². The minimum atomic E-state index is -0.360. The van der Waals surface area contributed by atoms with Crippen LogP contribution < -0.4 is 9.47 Å². The fourth-order valence-corrected chi connectivity index (χ4v) is 8.87. The van der Waals surface area contributed by atoms with E-state index in [1.54, 1.807) is 0 Å². The highest BCUT2D eigenvalue weighted by Gasteiger charge is 2.46. The van der Waals surface area contributed by atoms with Crippen molar-refractivity contribution in [2.45, 2.75) is 103 Å². The second-order valence-corrected chi connectivity index (χ2v) is 14.6. The third kappa shape index (κ3) is 5.89. The Kier molecular flexibility index (Phi) is 7.96. The zero-order chi connectivity index (χ0) is 30.3. The van der Waals surface area contributed by atoms with Gasteiger partial charge in [0, 0.05) is 32.4 Å². The topological polar surface area (TPSA) is 71.1 Å². The summed E-state index contributed by atoms with van der Waals surface area (Å²) in [5.41, 5.74) is 0.436. The summed E-state index contributed by atoms with van der Waals surface area (Å²) in [7, 11) is 0. The van der Waals surface area contributed by atoms with E-state index in [9.17, 15) is 9.59 Å². The van der Waals surface area contributed by atoms with Crippen LogP contribution in [0.4, 0.5) is 0 Å². The summed E-state index contributed by atoms with van der Waals surface area (Å²) in [6.07, 6.45) is 11.9. The van der Waals surface area contributed by atoms with Crippen molar-refractivity contribution in [3.63, 3.8) is 0 Å². The first-order valence-electron chi connectivity index (χ1n) is 16.9. The Bertz CT molecular complexity index is 1360. The molecular weight excluding hydrogens is 552 g/mol. The van der Waals surface area contributed by atoms with Gasteiger partial charge < -0.3 is 18.9 Å². The predicted molar refractivity (Wildman–Crippen MR) is 171 cm³/mol. The lowest BCUT2D eigenvalue weighted by Gasteiger charge is -2.26. The van der Waals surface area contributed by atoms with Crippen LogP contribution in [0.25, 0.3) is 21.5 Å². The van der Waals surface area contributed by atoms with Gasteiger partial charge in [0.05, 0.1) is 26.1 Å². The Balaban J connectivity index is 1.04. The molecule has 7 rings (SSSR count). The third-order valence-electron chi connectivity index (χ3n) is 11.2. The molecule has 3 aromatic carbocycles. The molecule has 4 fully saturated rings. The van der Waals surface area contributed by atoms with Crippen LogP contribution in [0, 0.1) is 22.7 Å². The first-order valence-corrected chi connectivity index (χ1v) is 16.9. The molecule has 234 valence electrons. The molecule has 0 aliphatic heterocycles. The van der Waals surface area contributed by atoms with Gasteiger partial charge in [-0.3, -0.25) is 9.59 Å². The molecule has 2 unspecified atom stereocenters. The molecule has 6 heteroatoms. The summed E-state index contributed by atoms with van der Waals surface area (Å²) in [5.74, 6) is 2.73. The molecule has 0 spiro atoms. The SMILES string of the molecule is CC(CC(=O)OCC12CCC(CC1)C2)Oc1c2ccccc2c(OC(C)CC(=O)OCC23CCC(CC2)C3)c2ccccc12. The van der Waals surface area contributed by atoms with E-state index < -0.39 is 0 Å². The molecule has 4 saturated carbocycles. The van der Waals surface area contributed by atoms with Crippen LogP contribution >= 0.6 is 0 Å². The van der Waals surface area contributed by atoms with E-state index in [0.29, 0.717) is 13.2 Å². The summed E-state index contributed by atoms with van der Waals surface area (Å²) < 4.78 is 24.7. The van der Waals surface area contributed by atoms with E-state index in [1.807, 2.05) is 62.4 Å². The Labute approximate surface area is 260 Å². The van der Waals surface area contributed by atoms with E-state index in [0.717, 1.165) is 44.9 Å². The molecule has 0 heterocycles. The Morgan fingerprint density at radius 1 is 0.636 bits per heavy atom. The van der Waals surface area contributed by atoms with Gasteiger partial charge in [0.15, 0.2) is 0 Å². The van der Waals surface area contributed by atoms with Crippen molar-refractivity contribution in [3.8, 4) is 11.5 Å². The number of esters is 2. The molecule has 0 aromatic heterocycles. The molecule has 4 aliphatic carbocycles. The average molecular weight is 599 g/mol. The van der Waals surface area contributed by atoms with Crippen molar-refractivity contribution in [2.75, 3.05) is 13.2 Å². The van der Waals surface area contributed by atoms with Crippen molar-refractivity contribution < 1.29 is 28.5 Å². The molecule has 0 amide bonds. The predicted octanol–water partition coefficient (Wildman–Crippen LogP) is 8.55. The van der Waals surface area contributed by atoms with Crippen LogP contribution in [0.5, 0.6) is 11.5 Å². The fourth-order valence-electron chi connectivity index (χ4n) is 8.87. The van der Waals surface area contributed by atoms with Crippen molar-refractivity contribution in [1.29, 1.82) is 0 Å². The molecule has 4 bridgehead atoms. The second-order valence-electron chi connectivity index (χ2n) is 14.6. The second kappa shape index (κ2) is 11.9. The van der Waals surface area contributed by atoms with Crippen LogP contribution in [0.3, 0.4) is 0 Å². The van der Waals surface area contributed by atoms with Crippen LogP contribution in [-0.4, -0.2) is 37.4 Å². The van der Waals surface area contributed by atoms with Crippen molar-refractivity contribution >= 4 is 33.5 Å². The van der Waals surface area contributed by atoms with Crippen LogP contribution in [-0.2, 0) is 19.1 Å². The maximum absolute atomic E-state index is 12.9. The van der Waals surface area contributed by atoms with E-state index in [1.165, 1.54) is 64.2 Å². The first kappa shape index (κ1) is 29.4. The molecule has 0 radical (unpaired) electrons. The van der Waals surface area contributed by atoms with Gasteiger partial charge in [-0.2, -0.15) is 0 Å². The van der Waals surface area contributed by atoms with Gasteiger partial charge in [-0.25, -0.2) is 0 Å². The normalized spacial score (nSPS) is 28.3. The van der Waals surface area contributed by atoms with Crippen molar-refractivity contribution in [3.05, 3.63) is 48.5 Å². The summed E-state index contributed by atoms with van der Waals surface area (Å²) in [5, 5.41) is 3.65. The van der Waals surface area contributed by atoms with Gasteiger partial charge in [-0.05, 0) is 89.9 Å². The average Bonchev–Trinajstić information content (AvgIpc) is 3.83. The van der Waals surface area contributed by atoms with Gasteiger partial charge >= 0.3 is 11.9 Å². The van der Waals surface area contributed by atoms with Crippen LogP contribution in [0.1, 0.15) is 90.9 Å².